The molecule has 2 aliphatic heterocycles. The van der Waals surface area contributed by atoms with Crippen molar-refractivity contribution in [3.05, 3.63) is 16.1 Å². The fourth-order valence-electron chi connectivity index (χ4n) is 5.07. The van der Waals surface area contributed by atoms with Gasteiger partial charge < -0.3 is 9.80 Å². The number of piperidine rings is 2. The minimum atomic E-state index is 0.0969. The van der Waals surface area contributed by atoms with Crippen LogP contribution < -0.4 is 0 Å². The van der Waals surface area contributed by atoms with Crippen LogP contribution in [-0.2, 0) is 4.79 Å². The number of thiazole rings is 1. The number of hydrogen-bond donors (Lipinski definition) is 0. The number of aromatic nitrogens is 1. The topological polar surface area (TPSA) is 53.5 Å². The molecule has 0 N–H and O–H groups in total. The molecule has 3 fully saturated rings. The highest BCUT2D eigenvalue weighted by atomic mass is 32.1. The van der Waals surface area contributed by atoms with Crippen molar-refractivity contribution in [3.8, 4) is 0 Å². The summed E-state index contributed by atoms with van der Waals surface area (Å²) in [4.78, 5) is 34.4. The highest BCUT2D eigenvalue weighted by Crippen LogP contribution is 2.33. The lowest BCUT2D eigenvalue weighted by molar-refractivity contribution is -0.137. The molecule has 2 saturated heterocycles. The van der Waals surface area contributed by atoms with Crippen LogP contribution in [0, 0.1) is 5.92 Å². The normalized spacial score (nSPS) is 25.1. The van der Waals surface area contributed by atoms with Crippen LogP contribution in [0.1, 0.15) is 92.5 Å². The van der Waals surface area contributed by atoms with Gasteiger partial charge >= 0.3 is 0 Å². The Kier molecular flexibility index (Phi) is 6.34. The molecule has 3 aliphatic rings. The SMILES string of the molecule is CC1CCCCN1C(=O)c1csc(C2CCN(C(=O)C3CCCCC3)CC2)n1. The molecular weight excluding hydrogens is 370 g/mol. The van der Waals surface area contributed by atoms with Crippen molar-refractivity contribution < 1.29 is 9.59 Å². The van der Waals surface area contributed by atoms with E-state index in [1.165, 1.54) is 25.7 Å². The first-order valence-corrected chi connectivity index (χ1v) is 12.1. The number of nitrogens with zero attached hydrogens (tertiary/aromatic N) is 3. The molecule has 1 unspecified atom stereocenters. The number of rotatable bonds is 3. The summed E-state index contributed by atoms with van der Waals surface area (Å²) < 4.78 is 0. The first-order chi connectivity index (χ1) is 13.6. The van der Waals surface area contributed by atoms with E-state index >= 15 is 0 Å². The molecule has 1 saturated carbocycles. The summed E-state index contributed by atoms with van der Waals surface area (Å²) in [7, 11) is 0. The first kappa shape index (κ1) is 19.9. The molecule has 0 spiro atoms. The molecule has 5 nitrogen and oxygen atoms in total. The van der Waals surface area contributed by atoms with Crippen LogP contribution in [0.3, 0.4) is 0 Å². The van der Waals surface area contributed by atoms with Gasteiger partial charge in [-0.2, -0.15) is 0 Å². The van der Waals surface area contributed by atoms with Gasteiger partial charge in [0.25, 0.3) is 5.91 Å². The molecule has 0 bridgehead atoms. The van der Waals surface area contributed by atoms with Gasteiger partial charge in [-0.3, -0.25) is 9.59 Å². The summed E-state index contributed by atoms with van der Waals surface area (Å²) in [6.45, 7) is 4.68. The van der Waals surface area contributed by atoms with Crippen LogP contribution in [0.4, 0.5) is 0 Å². The van der Waals surface area contributed by atoms with E-state index < -0.39 is 0 Å². The fourth-order valence-corrected chi connectivity index (χ4v) is 6.04. The van der Waals surface area contributed by atoms with Crippen LogP contribution in [0.5, 0.6) is 0 Å². The minimum absolute atomic E-state index is 0.0969. The summed E-state index contributed by atoms with van der Waals surface area (Å²) >= 11 is 1.63. The number of hydrogen-bond acceptors (Lipinski definition) is 4. The van der Waals surface area contributed by atoms with Crippen LogP contribution >= 0.6 is 11.3 Å². The summed E-state index contributed by atoms with van der Waals surface area (Å²) in [5, 5.41) is 3.02. The summed E-state index contributed by atoms with van der Waals surface area (Å²) in [5.41, 5.74) is 0.620. The maximum Gasteiger partial charge on any atom is 0.273 e. The highest BCUT2D eigenvalue weighted by molar-refractivity contribution is 7.09. The molecule has 6 heteroatoms. The average Bonchev–Trinajstić information content (AvgIpc) is 3.24. The van der Waals surface area contributed by atoms with E-state index in [-0.39, 0.29) is 11.8 Å². The Morgan fingerprint density at radius 1 is 0.964 bits per heavy atom. The van der Waals surface area contributed by atoms with E-state index in [0.717, 1.165) is 63.2 Å². The monoisotopic (exact) mass is 403 g/mol. The summed E-state index contributed by atoms with van der Waals surface area (Å²) in [5.74, 6) is 1.13. The molecule has 1 atom stereocenters. The van der Waals surface area contributed by atoms with Crippen molar-refractivity contribution in [2.24, 2.45) is 5.92 Å². The molecule has 1 aromatic rings. The van der Waals surface area contributed by atoms with Gasteiger partial charge in [-0.25, -0.2) is 4.98 Å². The Morgan fingerprint density at radius 3 is 2.39 bits per heavy atom. The number of carbonyl (C=O) groups excluding carboxylic acids is 2. The van der Waals surface area contributed by atoms with Crippen LogP contribution in [-0.4, -0.2) is 52.3 Å². The van der Waals surface area contributed by atoms with Gasteiger partial charge in [-0.05, 0) is 51.9 Å². The Balaban J connectivity index is 1.32. The number of carbonyl (C=O) groups is 2. The lowest BCUT2D eigenvalue weighted by Gasteiger charge is -2.34. The van der Waals surface area contributed by atoms with Crippen molar-refractivity contribution in [2.45, 2.75) is 83.1 Å². The maximum atomic E-state index is 12.8. The van der Waals surface area contributed by atoms with Gasteiger partial charge in [-0.15, -0.1) is 11.3 Å². The molecule has 4 rings (SSSR count). The third kappa shape index (κ3) is 4.27. The average molecular weight is 404 g/mol. The van der Waals surface area contributed by atoms with Gasteiger partial charge in [0.15, 0.2) is 0 Å². The third-order valence-electron chi connectivity index (χ3n) is 6.92. The van der Waals surface area contributed by atoms with Gasteiger partial charge in [0.2, 0.25) is 5.91 Å². The predicted octanol–water partition coefficient (Wildman–Crippen LogP) is 4.44. The molecule has 0 radical (unpaired) electrons. The third-order valence-corrected chi connectivity index (χ3v) is 7.92. The number of amides is 2. The zero-order valence-corrected chi connectivity index (χ0v) is 17.9. The second-order valence-corrected chi connectivity index (χ2v) is 9.74. The van der Waals surface area contributed by atoms with Crippen molar-refractivity contribution in [1.82, 2.24) is 14.8 Å². The summed E-state index contributed by atoms with van der Waals surface area (Å²) in [6, 6.07) is 0.320. The highest BCUT2D eigenvalue weighted by Gasteiger charge is 2.31. The zero-order chi connectivity index (χ0) is 19.5. The standard InChI is InChI=1S/C22H33N3O2S/c1-16-7-5-6-12-25(16)22(27)19-15-28-20(23-19)17-10-13-24(14-11-17)21(26)18-8-3-2-4-9-18/h15-18H,2-14H2,1H3. The molecular formula is C22H33N3O2S. The van der Waals surface area contributed by atoms with E-state index in [0.29, 0.717) is 23.6 Å². The molecule has 154 valence electrons. The quantitative estimate of drug-likeness (QED) is 0.749. The van der Waals surface area contributed by atoms with Crippen molar-refractivity contribution in [2.75, 3.05) is 19.6 Å². The van der Waals surface area contributed by atoms with Gasteiger partial charge in [-0.1, -0.05) is 19.3 Å². The second-order valence-electron chi connectivity index (χ2n) is 8.85. The molecule has 0 aromatic carbocycles. The molecule has 3 heterocycles. The van der Waals surface area contributed by atoms with Crippen molar-refractivity contribution >= 4 is 23.2 Å². The second kappa shape index (κ2) is 8.93. The van der Waals surface area contributed by atoms with Crippen molar-refractivity contribution in [1.29, 1.82) is 0 Å². The molecule has 1 aromatic heterocycles. The van der Waals surface area contributed by atoms with E-state index in [2.05, 4.69) is 11.8 Å². The molecule has 28 heavy (non-hydrogen) atoms. The Labute approximate surface area is 172 Å². The lowest BCUT2D eigenvalue weighted by Crippen LogP contribution is -2.42. The van der Waals surface area contributed by atoms with Crippen LogP contribution in [0.15, 0.2) is 5.38 Å². The van der Waals surface area contributed by atoms with Gasteiger partial charge in [0.1, 0.15) is 5.69 Å². The maximum absolute atomic E-state index is 12.8. The van der Waals surface area contributed by atoms with Crippen LogP contribution in [0.25, 0.3) is 0 Å². The largest absolute Gasteiger partial charge is 0.342 e. The number of likely N-dealkylation sites (tertiary alicyclic amines) is 2. The minimum Gasteiger partial charge on any atom is -0.342 e. The first-order valence-electron chi connectivity index (χ1n) is 11.2. The van der Waals surface area contributed by atoms with Gasteiger partial charge in [0.05, 0.1) is 5.01 Å². The fraction of sp³-hybridized carbons (Fsp3) is 0.773. The molecule has 1 aliphatic carbocycles. The molecule has 2 amide bonds. The Bertz CT molecular complexity index is 690. The van der Waals surface area contributed by atoms with E-state index in [9.17, 15) is 9.59 Å². The summed E-state index contributed by atoms with van der Waals surface area (Å²) in [6.07, 6.45) is 11.2. The Hall–Kier alpha value is -1.43. The van der Waals surface area contributed by atoms with Crippen molar-refractivity contribution in [3.63, 3.8) is 0 Å². The van der Waals surface area contributed by atoms with E-state index in [4.69, 9.17) is 4.98 Å². The zero-order valence-electron chi connectivity index (χ0n) is 17.1. The van der Waals surface area contributed by atoms with Crippen LogP contribution in [0.2, 0.25) is 0 Å². The smallest absolute Gasteiger partial charge is 0.273 e. The lowest BCUT2D eigenvalue weighted by atomic mass is 9.87. The Morgan fingerprint density at radius 2 is 1.68 bits per heavy atom. The van der Waals surface area contributed by atoms with Gasteiger partial charge in [0, 0.05) is 42.9 Å². The van der Waals surface area contributed by atoms with E-state index in [1.54, 1.807) is 11.3 Å². The predicted molar refractivity (Wildman–Crippen MR) is 112 cm³/mol. The van der Waals surface area contributed by atoms with E-state index in [1.807, 2.05) is 10.3 Å².